The van der Waals surface area contributed by atoms with Gasteiger partial charge in [0.2, 0.25) is 0 Å². The Bertz CT molecular complexity index is 2420. The number of thiophene rings is 2. The number of rotatable bonds is 3. The minimum Gasteiger partial charge on any atom is -0.308 e. The number of fused-ring (bicyclic) bond motifs is 8. The summed E-state index contributed by atoms with van der Waals surface area (Å²) in [7, 11) is 0. The van der Waals surface area contributed by atoms with Crippen molar-refractivity contribution in [3.8, 4) is 27.9 Å². The first-order valence-corrected chi connectivity index (χ1v) is 15.5. The van der Waals surface area contributed by atoms with Crippen LogP contribution in [0.4, 0.5) is 0 Å². The van der Waals surface area contributed by atoms with Gasteiger partial charge in [0.25, 0.3) is 0 Å². The molecule has 3 heterocycles. The molecule has 0 bridgehead atoms. The first-order valence-electron chi connectivity index (χ1n) is 13.9. The Balaban J connectivity index is 1.19. The highest BCUT2D eigenvalue weighted by Crippen LogP contribution is 2.44. The third-order valence-electron chi connectivity index (χ3n) is 8.20. The van der Waals surface area contributed by atoms with Gasteiger partial charge in [-0.2, -0.15) is 0 Å². The SMILES string of the molecule is c1ccc(-n2c3ccccc3c3sc4cc(-c5cccc(-c6ccc7sc8ccccc8c7c6)c5)ccc4c32)cc1. The van der Waals surface area contributed by atoms with Gasteiger partial charge >= 0.3 is 0 Å². The second-order valence-corrected chi connectivity index (χ2v) is 12.7. The third kappa shape index (κ3) is 3.53. The van der Waals surface area contributed by atoms with Crippen molar-refractivity contribution in [2.24, 2.45) is 0 Å². The number of benzene rings is 6. The van der Waals surface area contributed by atoms with Crippen molar-refractivity contribution in [3.63, 3.8) is 0 Å². The van der Waals surface area contributed by atoms with Crippen molar-refractivity contribution in [1.82, 2.24) is 4.57 Å². The summed E-state index contributed by atoms with van der Waals surface area (Å²) >= 11 is 3.77. The Morgan fingerprint density at radius 1 is 0.390 bits per heavy atom. The van der Waals surface area contributed by atoms with Crippen molar-refractivity contribution >= 4 is 74.1 Å². The van der Waals surface area contributed by atoms with Crippen molar-refractivity contribution in [1.29, 1.82) is 0 Å². The van der Waals surface area contributed by atoms with Gasteiger partial charge in [-0.05, 0) is 70.8 Å². The van der Waals surface area contributed by atoms with E-state index in [1.165, 1.54) is 79.3 Å². The lowest BCUT2D eigenvalue weighted by molar-refractivity contribution is 1.19. The van der Waals surface area contributed by atoms with Crippen LogP contribution in [0, 0.1) is 0 Å². The molecule has 0 aliphatic heterocycles. The zero-order chi connectivity index (χ0) is 26.9. The number of aromatic nitrogens is 1. The normalized spacial score (nSPS) is 11.9. The molecule has 6 aromatic carbocycles. The number of nitrogens with zero attached hydrogens (tertiary/aromatic N) is 1. The quantitative estimate of drug-likeness (QED) is 0.204. The van der Waals surface area contributed by atoms with E-state index < -0.39 is 0 Å². The van der Waals surface area contributed by atoms with Gasteiger partial charge in [0.15, 0.2) is 0 Å². The van der Waals surface area contributed by atoms with Crippen LogP contribution in [0.2, 0.25) is 0 Å². The van der Waals surface area contributed by atoms with Crippen molar-refractivity contribution in [2.45, 2.75) is 0 Å². The maximum absolute atomic E-state index is 2.42. The zero-order valence-corrected chi connectivity index (χ0v) is 23.7. The van der Waals surface area contributed by atoms with E-state index in [4.69, 9.17) is 0 Å². The van der Waals surface area contributed by atoms with Gasteiger partial charge in [0, 0.05) is 41.3 Å². The first-order chi connectivity index (χ1) is 20.3. The summed E-state index contributed by atoms with van der Waals surface area (Å²) in [6.07, 6.45) is 0. The van der Waals surface area contributed by atoms with E-state index in [9.17, 15) is 0 Å². The first kappa shape index (κ1) is 23.0. The van der Waals surface area contributed by atoms with Crippen LogP contribution >= 0.6 is 22.7 Å². The molecular formula is C38H23NS2. The number of para-hydroxylation sites is 2. The van der Waals surface area contributed by atoms with Gasteiger partial charge in [-0.1, -0.05) is 91.0 Å². The van der Waals surface area contributed by atoms with E-state index in [-0.39, 0.29) is 0 Å². The lowest BCUT2D eigenvalue weighted by Crippen LogP contribution is -1.92. The lowest BCUT2D eigenvalue weighted by atomic mass is 9.97. The summed E-state index contributed by atoms with van der Waals surface area (Å²) in [4.78, 5) is 0. The van der Waals surface area contributed by atoms with Crippen LogP contribution in [0.15, 0.2) is 140 Å². The van der Waals surface area contributed by atoms with Crippen LogP contribution in [0.1, 0.15) is 0 Å². The monoisotopic (exact) mass is 557 g/mol. The zero-order valence-electron chi connectivity index (χ0n) is 22.0. The molecule has 0 atom stereocenters. The van der Waals surface area contributed by atoms with Crippen LogP contribution in [0.5, 0.6) is 0 Å². The lowest BCUT2D eigenvalue weighted by Gasteiger charge is -2.09. The van der Waals surface area contributed by atoms with E-state index >= 15 is 0 Å². The minimum absolute atomic E-state index is 1.20. The molecule has 0 saturated heterocycles. The molecule has 9 aromatic rings. The number of hydrogen-bond donors (Lipinski definition) is 0. The van der Waals surface area contributed by atoms with E-state index in [0.717, 1.165) is 0 Å². The Labute approximate surface area is 245 Å². The Morgan fingerprint density at radius 2 is 1.07 bits per heavy atom. The fourth-order valence-electron chi connectivity index (χ4n) is 6.28. The molecule has 0 saturated carbocycles. The molecule has 3 heteroatoms. The van der Waals surface area contributed by atoms with Crippen LogP contribution < -0.4 is 0 Å². The fourth-order valence-corrected chi connectivity index (χ4v) is 8.62. The van der Waals surface area contributed by atoms with Crippen LogP contribution in [0.3, 0.4) is 0 Å². The molecule has 0 aliphatic carbocycles. The molecule has 0 amide bonds. The van der Waals surface area contributed by atoms with Gasteiger partial charge in [-0.25, -0.2) is 0 Å². The average molecular weight is 558 g/mol. The summed E-state index contributed by atoms with van der Waals surface area (Å²) in [6.45, 7) is 0. The van der Waals surface area contributed by atoms with E-state index in [1.54, 1.807) is 0 Å². The summed E-state index contributed by atoms with van der Waals surface area (Å²) < 4.78 is 7.78. The molecule has 0 aliphatic rings. The predicted octanol–water partition coefficient (Wildman–Crippen LogP) is 11.7. The molecule has 1 nitrogen and oxygen atoms in total. The fraction of sp³-hybridized carbons (Fsp3) is 0. The third-order valence-corrected chi connectivity index (χ3v) is 10.5. The van der Waals surface area contributed by atoms with Gasteiger partial charge in [0.05, 0.1) is 15.7 Å². The van der Waals surface area contributed by atoms with E-state index in [2.05, 4.69) is 144 Å². The van der Waals surface area contributed by atoms with Crippen molar-refractivity contribution in [2.75, 3.05) is 0 Å². The molecule has 3 aromatic heterocycles. The summed E-state index contributed by atoms with van der Waals surface area (Å²) in [6, 6.07) is 51.1. The van der Waals surface area contributed by atoms with Crippen LogP contribution in [-0.4, -0.2) is 4.57 Å². The maximum atomic E-state index is 2.42. The van der Waals surface area contributed by atoms with Gasteiger partial charge < -0.3 is 4.57 Å². The van der Waals surface area contributed by atoms with Gasteiger partial charge in [-0.3, -0.25) is 0 Å². The molecule has 192 valence electrons. The smallest absolute Gasteiger partial charge is 0.0727 e. The molecule has 9 rings (SSSR count). The Hall–Kier alpha value is -4.70. The van der Waals surface area contributed by atoms with E-state index in [1.807, 2.05) is 22.7 Å². The second kappa shape index (κ2) is 8.90. The molecular weight excluding hydrogens is 535 g/mol. The average Bonchev–Trinajstić information content (AvgIpc) is 3.69. The summed E-state index contributed by atoms with van der Waals surface area (Å²) in [5.41, 5.74) is 8.76. The summed E-state index contributed by atoms with van der Waals surface area (Å²) in [5.74, 6) is 0. The topological polar surface area (TPSA) is 4.93 Å². The Kier molecular flexibility index (Phi) is 5.00. The second-order valence-electron chi connectivity index (χ2n) is 10.6. The van der Waals surface area contributed by atoms with Gasteiger partial charge in [0.1, 0.15) is 0 Å². The highest BCUT2D eigenvalue weighted by atomic mass is 32.1. The largest absolute Gasteiger partial charge is 0.308 e. The molecule has 0 fully saturated rings. The number of hydrogen-bond acceptors (Lipinski definition) is 2. The highest BCUT2D eigenvalue weighted by molar-refractivity contribution is 7.27. The van der Waals surface area contributed by atoms with Crippen molar-refractivity contribution < 1.29 is 0 Å². The van der Waals surface area contributed by atoms with Crippen molar-refractivity contribution in [3.05, 3.63) is 140 Å². The molecule has 0 unspecified atom stereocenters. The van der Waals surface area contributed by atoms with E-state index in [0.29, 0.717) is 0 Å². The molecule has 0 radical (unpaired) electrons. The molecule has 41 heavy (non-hydrogen) atoms. The molecule has 0 spiro atoms. The highest BCUT2D eigenvalue weighted by Gasteiger charge is 2.18. The minimum atomic E-state index is 1.20. The maximum Gasteiger partial charge on any atom is 0.0727 e. The molecule has 0 N–H and O–H groups in total. The van der Waals surface area contributed by atoms with Crippen LogP contribution in [0.25, 0.3) is 79.3 Å². The van der Waals surface area contributed by atoms with Gasteiger partial charge in [-0.15, -0.1) is 22.7 Å². The van der Waals surface area contributed by atoms with Crippen LogP contribution in [-0.2, 0) is 0 Å². The standard InChI is InChI=1S/C38H23NS2/c1-2-11-28(12-3-1)39-33-15-6-4-14-30(33)38-37(39)31-19-17-27(23-36(31)41-38)25-10-8-9-24(21-25)26-18-20-35-32(22-26)29-13-5-7-16-34(29)40-35/h1-23H. The Morgan fingerprint density at radius 3 is 1.95 bits per heavy atom. The predicted molar refractivity (Wildman–Crippen MR) is 180 cm³/mol. The summed E-state index contributed by atoms with van der Waals surface area (Å²) in [5, 5.41) is 5.30.